The first kappa shape index (κ1) is 21.5. The van der Waals surface area contributed by atoms with Gasteiger partial charge in [0.1, 0.15) is 5.75 Å². The lowest BCUT2D eigenvalue weighted by Crippen LogP contribution is -2.44. The van der Waals surface area contributed by atoms with Crippen molar-refractivity contribution in [2.45, 2.75) is 6.92 Å². The minimum Gasteiger partial charge on any atom is -0.492 e. The number of carbonyl (C=O) groups excluding carboxylic acids is 2. The molecule has 1 fully saturated rings. The summed E-state index contributed by atoms with van der Waals surface area (Å²) in [6.07, 6.45) is 1.75. The second-order valence-corrected chi connectivity index (χ2v) is 9.65. The summed E-state index contributed by atoms with van der Waals surface area (Å²) in [5.74, 6) is -0.0327. The number of nitrogens with one attached hydrogen (secondary N) is 1. The molecular weight excluding hydrogens is 622 g/mol. The van der Waals surface area contributed by atoms with Crippen LogP contribution in [0.15, 0.2) is 47.4 Å². The number of hydrogen-bond donors (Lipinski definition) is 1. The molecular formula is C19H14I2N2O3S2. The number of thiocarbonyl (C=S) groups is 1. The third-order valence-corrected chi connectivity index (χ3v) is 6.38. The van der Waals surface area contributed by atoms with Crippen LogP contribution < -0.4 is 10.2 Å². The highest BCUT2D eigenvalue weighted by Gasteiger charge is 2.34. The van der Waals surface area contributed by atoms with E-state index in [9.17, 15) is 9.59 Å². The summed E-state index contributed by atoms with van der Waals surface area (Å²) in [5, 5.41) is 1.11. The normalized spacial score (nSPS) is 15.2. The smallest absolute Gasteiger partial charge is 0.285 e. The van der Waals surface area contributed by atoms with Gasteiger partial charge in [0.15, 0.2) is 4.32 Å². The van der Waals surface area contributed by atoms with E-state index in [0.717, 1.165) is 35.2 Å². The van der Waals surface area contributed by atoms with Gasteiger partial charge in [0.2, 0.25) is 0 Å². The molecule has 0 saturated carbocycles. The van der Waals surface area contributed by atoms with Crippen molar-refractivity contribution in [3.05, 3.63) is 65.6 Å². The maximum absolute atomic E-state index is 12.8. The Labute approximate surface area is 199 Å². The highest BCUT2D eigenvalue weighted by molar-refractivity contribution is 14.1. The highest BCUT2D eigenvalue weighted by Crippen LogP contribution is 2.36. The first-order valence-corrected chi connectivity index (χ1v) is 11.5. The Balaban J connectivity index is 1.87. The van der Waals surface area contributed by atoms with E-state index in [1.54, 1.807) is 30.3 Å². The van der Waals surface area contributed by atoms with Gasteiger partial charge >= 0.3 is 0 Å². The number of hydrogen-bond acceptors (Lipinski definition) is 5. The summed E-state index contributed by atoms with van der Waals surface area (Å²) in [4.78, 5) is 25.6. The van der Waals surface area contributed by atoms with Crippen LogP contribution in [0, 0.1) is 7.14 Å². The van der Waals surface area contributed by atoms with E-state index < -0.39 is 5.91 Å². The number of ether oxygens (including phenoxy) is 1. The molecule has 28 heavy (non-hydrogen) atoms. The van der Waals surface area contributed by atoms with E-state index >= 15 is 0 Å². The Morgan fingerprint density at radius 3 is 2.68 bits per heavy atom. The number of benzene rings is 2. The molecule has 1 aliphatic heterocycles. The SMILES string of the molecule is CCOc1c(I)cc(I)cc1C=C1SC(=S)N(NC(=O)c2ccccc2)C1=O. The Morgan fingerprint density at radius 2 is 2.00 bits per heavy atom. The molecule has 2 amide bonds. The molecule has 0 radical (unpaired) electrons. The Morgan fingerprint density at radius 1 is 1.29 bits per heavy atom. The summed E-state index contributed by atoms with van der Waals surface area (Å²) in [6.45, 7) is 2.43. The molecule has 2 aromatic carbocycles. The van der Waals surface area contributed by atoms with Crippen LogP contribution in [0.5, 0.6) is 5.75 Å². The summed E-state index contributed by atoms with van der Waals surface area (Å²) >= 11 is 10.9. The van der Waals surface area contributed by atoms with Crippen molar-refractivity contribution >= 4 is 91.4 Å². The predicted molar refractivity (Wildman–Crippen MR) is 132 cm³/mol. The topological polar surface area (TPSA) is 58.6 Å². The van der Waals surface area contributed by atoms with Crippen LogP contribution in [0.1, 0.15) is 22.8 Å². The zero-order valence-electron chi connectivity index (χ0n) is 14.6. The first-order chi connectivity index (χ1) is 13.4. The number of nitrogens with zero attached hydrogens (tertiary/aromatic N) is 1. The average Bonchev–Trinajstić information content (AvgIpc) is 2.92. The van der Waals surface area contributed by atoms with Crippen LogP contribution in [0.25, 0.3) is 6.08 Å². The van der Waals surface area contributed by atoms with Crippen molar-refractivity contribution in [1.29, 1.82) is 0 Å². The van der Waals surface area contributed by atoms with Crippen LogP contribution in [-0.2, 0) is 4.79 Å². The van der Waals surface area contributed by atoms with Gasteiger partial charge < -0.3 is 4.74 Å². The fourth-order valence-electron chi connectivity index (χ4n) is 2.45. The molecule has 1 saturated heterocycles. The van der Waals surface area contributed by atoms with Crippen LogP contribution in [0.3, 0.4) is 0 Å². The second kappa shape index (κ2) is 9.55. The molecule has 0 bridgehead atoms. The van der Waals surface area contributed by atoms with Gasteiger partial charge in [-0.05, 0) is 94.7 Å². The lowest BCUT2D eigenvalue weighted by Gasteiger charge is -2.15. The maximum Gasteiger partial charge on any atom is 0.285 e. The molecule has 1 aliphatic rings. The standard InChI is InChI=1S/C19H14I2N2O3S2/c1-2-26-16-12(8-13(20)10-14(16)21)9-15-18(25)23(19(27)28-15)22-17(24)11-6-4-3-5-7-11/h3-10H,2H2,1H3,(H,22,24). The molecule has 9 heteroatoms. The van der Waals surface area contributed by atoms with Gasteiger partial charge in [-0.3, -0.25) is 15.0 Å². The van der Waals surface area contributed by atoms with E-state index in [0.29, 0.717) is 17.1 Å². The van der Waals surface area contributed by atoms with E-state index in [2.05, 4.69) is 50.6 Å². The van der Waals surface area contributed by atoms with Crippen LogP contribution in [0.2, 0.25) is 0 Å². The van der Waals surface area contributed by atoms with Gasteiger partial charge in [-0.25, -0.2) is 0 Å². The van der Waals surface area contributed by atoms with Crippen molar-refractivity contribution in [3.63, 3.8) is 0 Å². The summed E-state index contributed by atoms with van der Waals surface area (Å²) in [7, 11) is 0. The Hall–Kier alpha value is -1.18. The highest BCUT2D eigenvalue weighted by atomic mass is 127. The molecule has 1 N–H and O–H groups in total. The van der Waals surface area contributed by atoms with Crippen molar-refractivity contribution < 1.29 is 14.3 Å². The average molecular weight is 636 g/mol. The quantitative estimate of drug-likeness (QED) is 0.290. The van der Waals surface area contributed by atoms with Crippen molar-refractivity contribution in [2.75, 3.05) is 6.61 Å². The monoisotopic (exact) mass is 636 g/mol. The second-order valence-electron chi connectivity index (χ2n) is 5.56. The fourth-order valence-corrected chi connectivity index (χ4v) is 5.66. The Bertz CT molecular complexity index is 981. The van der Waals surface area contributed by atoms with E-state index in [-0.39, 0.29) is 10.2 Å². The molecule has 144 valence electrons. The molecule has 0 spiro atoms. The minimum atomic E-state index is -0.392. The lowest BCUT2D eigenvalue weighted by molar-refractivity contribution is -0.123. The molecule has 1 heterocycles. The van der Waals surface area contributed by atoms with Gasteiger partial charge in [0.25, 0.3) is 11.8 Å². The summed E-state index contributed by atoms with van der Waals surface area (Å²) in [6, 6.07) is 12.6. The molecule has 0 aliphatic carbocycles. The van der Waals surface area contributed by atoms with E-state index in [4.69, 9.17) is 17.0 Å². The molecule has 3 rings (SSSR count). The Kier molecular flexibility index (Phi) is 7.34. The van der Waals surface area contributed by atoms with Crippen LogP contribution >= 0.6 is 69.2 Å². The number of thioether (sulfide) groups is 1. The molecule has 0 aromatic heterocycles. The number of carbonyl (C=O) groups is 2. The van der Waals surface area contributed by atoms with Crippen LogP contribution in [-0.4, -0.2) is 27.8 Å². The maximum atomic E-state index is 12.8. The molecule has 0 unspecified atom stereocenters. The lowest BCUT2D eigenvalue weighted by atomic mass is 10.2. The van der Waals surface area contributed by atoms with E-state index in [1.807, 2.05) is 25.1 Å². The number of halogens is 2. The van der Waals surface area contributed by atoms with Crippen molar-refractivity contribution in [3.8, 4) is 5.75 Å². The summed E-state index contributed by atoms with van der Waals surface area (Å²) in [5.41, 5.74) is 3.83. The van der Waals surface area contributed by atoms with Crippen molar-refractivity contribution in [2.24, 2.45) is 0 Å². The molecule has 0 atom stereocenters. The van der Waals surface area contributed by atoms with Crippen LogP contribution in [0.4, 0.5) is 0 Å². The van der Waals surface area contributed by atoms with E-state index in [1.165, 1.54) is 0 Å². The zero-order valence-corrected chi connectivity index (χ0v) is 20.5. The number of hydrazine groups is 1. The minimum absolute atomic E-state index is 0.277. The third-order valence-electron chi connectivity index (χ3n) is 3.66. The fraction of sp³-hybridized carbons (Fsp3) is 0.105. The first-order valence-electron chi connectivity index (χ1n) is 8.16. The molecule has 2 aromatic rings. The van der Waals surface area contributed by atoms with Gasteiger partial charge in [-0.15, -0.1) is 0 Å². The number of amides is 2. The van der Waals surface area contributed by atoms with Gasteiger partial charge in [-0.1, -0.05) is 30.0 Å². The predicted octanol–water partition coefficient (Wildman–Crippen LogP) is 4.84. The summed E-state index contributed by atoms with van der Waals surface area (Å²) < 4.78 is 8.02. The van der Waals surface area contributed by atoms with Gasteiger partial charge in [-0.2, -0.15) is 5.01 Å². The van der Waals surface area contributed by atoms with Crippen molar-refractivity contribution in [1.82, 2.24) is 10.4 Å². The largest absolute Gasteiger partial charge is 0.492 e. The third kappa shape index (κ3) is 4.86. The number of rotatable bonds is 5. The van der Waals surface area contributed by atoms with Gasteiger partial charge in [0, 0.05) is 14.7 Å². The van der Waals surface area contributed by atoms with Gasteiger partial charge in [0.05, 0.1) is 15.1 Å². The zero-order chi connectivity index (χ0) is 20.3. The molecule has 5 nitrogen and oxygen atoms in total.